The van der Waals surface area contributed by atoms with Crippen molar-refractivity contribution in [2.75, 3.05) is 30.8 Å². The molecule has 0 unspecified atom stereocenters. The summed E-state index contributed by atoms with van der Waals surface area (Å²) in [5.41, 5.74) is 2.00. The number of hydrogen-bond acceptors (Lipinski definition) is 4. The molecule has 7 nitrogen and oxygen atoms in total. The van der Waals surface area contributed by atoms with Crippen molar-refractivity contribution >= 4 is 29.2 Å². The van der Waals surface area contributed by atoms with Gasteiger partial charge in [-0.2, -0.15) is 0 Å². The molecule has 5 aliphatic rings. The van der Waals surface area contributed by atoms with Crippen LogP contribution >= 0.6 is 0 Å². The van der Waals surface area contributed by atoms with E-state index >= 15 is 0 Å². The zero-order valence-electron chi connectivity index (χ0n) is 18.2. The number of amides is 4. The Morgan fingerprint density at radius 1 is 1.03 bits per heavy atom. The standard InChI is InChI=1S/C24H32N4O3/c1-27-15-22(30)28(23(27)31)8-4-7-21(29)25-19-5-2-3-6-20(19)26-24-12-16-9-17(13-24)11-18(10-16)14-24/h2-3,5-6,16-18,26H,4,7-15H2,1H3,(H,25,29). The summed E-state index contributed by atoms with van der Waals surface area (Å²) < 4.78 is 0. The molecule has 0 aromatic heterocycles. The number of urea groups is 1. The van der Waals surface area contributed by atoms with Gasteiger partial charge in [0.05, 0.1) is 11.4 Å². The lowest BCUT2D eigenvalue weighted by Gasteiger charge is -2.57. The molecule has 6 rings (SSSR count). The van der Waals surface area contributed by atoms with E-state index in [1.54, 1.807) is 7.05 Å². The van der Waals surface area contributed by atoms with Crippen LogP contribution in [0.3, 0.4) is 0 Å². The lowest BCUT2D eigenvalue weighted by atomic mass is 9.53. The Bertz CT molecular complexity index is 863. The second kappa shape index (κ2) is 7.84. The normalized spacial score (nSPS) is 31.5. The molecule has 0 spiro atoms. The van der Waals surface area contributed by atoms with Crippen LogP contribution in [0.15, 0.2) is 24.3 Å². The number of para-hydroxylation sites is 2. The maximum absolute atomic E-state index is 12.6. The van der Waals surface area contributed by atoms with Gasteiger partial charge in [-0.05, 0) is 74.8 Å². The molecule has 1 saturated heterocycles. The van der Waals surface area contributed by atoms with Crippen LogP contribution in [0.25, 0.3) is 0 Å². The van der Waals surface area contributed by atoms with E-state index in [0.29, 0.717) is 6.42 Å². The van der Waals surface area contributed by atoms with Crippen LogP contribution in [0.5, 0.6) is 0 Å². The van der Waals surface area contributed by atoms with Gasteiger partial charge >= 0.3 is 6.03 Å². The lowest BCUT2D eigenvalue weighted by Crippen LogP contribution is -2.54. The summed E-state index contributed by atoms with van der Waals surface area (Å²) in [6.07, 6.45) is 8.66. The van der Waals surface area contributed by atoms with Gasteiger partial charge in [-0.15, -0.1) is 0 Å². The second-order valence-electron chi connectivity index (χ2n) is 10.2. The molecule has 4 bridgehead atoms. The van der Waals surface area contributed by atoms with Crippen molar-refractivity contribution in [2.24, 2.45) is 17.8 Å². The highest BCUT2D eigenvalue weighted by atomic mass is 16.2. The third-order valence-corrected chi connectivity index (χ3v) is 7.66. The average molecular weight is 425 g/mol. The Morgan fingerprint density at radius 3 is 2.23 bits per heavy atom. The quantitative estimate of drug-likeness (QED) is 0.654. The fraction of sp³-hybridized carbons (Fsp3) is 0.625. The van der Waals surface area contributed by atoms with Gasteiger partial charge in [-0.3, -0.25) is 14.5 Å². The lowest BCUT2D eigenvalue weighted by molar-refractivity contribution is -0.125. The minimum Gasteiger partial charge on any atom is -0.378 e. The van der Waals surface area contributed by atoms with Crippen LogP contribution in [0.2, 0.25) is 0 Å². The fourth-order valence-corrected chi connectivity index (χ4v) is 6.75. The molecule has 1 aromatic rings. The molecule has 1 aromatic carbocycles. The van der Waals surface area contributed by atoms with Gasteiger partial charge in [0.2, 0.25) is 11.8 Å². The molecule has 1 aliphatic heterocycles. The van der Waals surface area contributed by atoms with Gasteiger partial charge in [0.25, 0.3) is 0 Å². The summed E-state index contributed by atoms with van der Waals surface area (Å²) >= 11 is 0. The van der Waals surface area contributed by atoms with Crippen molar-refractivity contribution in [3.05, 3.63) is 24.3 Å². The maximum atomic E-state index is 12.6. The number of likely N-dealkylation sites (N-methyl/N-ethyl adjacent to an activating group) is 1. The summed E-state index contributed by atoms with van der Waals surface area (Å²) in [5, 5.41) is 6.91. The van der Waals surface area contributed by atoms with Crippen molar-refractivity contribution in [1.82, 2.24) is 9.80 Å². The predicted molar refractivity (Wildman–Crippen MR) is 119 cm³/mol. The molecule has 2 N–H and O–H groups in total. The van der Waals surface area contributed by atoms with Crippen LogP contribution in [-0.4, -0.2) is 53.3 Å². The molecule has 5 fully saturated rings. The van der Waals surface area contributed by atoms with Gasteiger partial charge < -0.3 is 15.5 Å². The van der Waals surface area contributed by atoms with Crippen molar-refractivity contribution in [3.8, 4) is 0 Å². The van der Waals surface area contributed by atoms with Crippen LogP contribution in [0.4, 0.5) is 16.2 Å². The highest BCUT2D eigenvalue weighted by Crippen LogP contribution is 2.56. The van der Waals surface area contributed by atoms with Gasteiger partial charge in [0.1, 0.15) is 6.54 Å². The highest BCUT2D eigenvalue weighted by molar-refractivity contribution is 6.02. The number of rotatable bonds is 7. The SMILES string of the molecule is CN1CC(=O)N(CCCC(=O)Nc2ccccc2NC23CC4CC(CC(C4)C2)C3)C1=O. The first-order chi connectivity index (χ1) is 14.9. The molecule has 7 heteroatoms. The van der Waals surface area contributed by atoms with Gasteiger partial charge in [-0.25, -0.2) is 4.79 Å². The Balaban J connectivity index is 1.19. The fourth-order valence-electron chi connectivity index (χ4n) is 6.75. The number of imide groups is 1. The van der Waals surface area contributed by atoms with Gasteiger partial charge in [0.15, 0.2) is 0 Å². The number of carbonyl (C=O) groups excluding carboxylic acids is 3. The van der Waals surface area contributed by atoms with E-state index < -0.39 is 0 Å². The molecular formula is C24H32N4O3. The Morgan fingerprint density at radius 2 is 1.65 bits per heavy atom. The van der Waals surface area contributed by atoms with E-state index in [0.717, 1.165) is 29.1 Å². The Hall–Kier alpha value is -2.57. The van der Waals surface area contributed by atoms with Crippen LogP contribution < -0.4 is 10.6 Å². The van der Waals surface area contributed by atoms with Crippen LogP contribution in [0, 0.1) is 17.8 Å². The Labute approximate surface area is 183 Å². The highest BCUT2D eigenvalue weighted by Gasteiger charge is 2.51. The van der Waals surface area contributed by atoms with Crippen LogP contribution in [-0.2, 0) is 9.59 Å². The van der Waals surface area contributed by atoms with E-state index in [1.165, 1.54) is 48.3 Å². The minimum atomic E-state index is -0.282. The number of hydrogen-bond donors (Lipinski definition) is 2. The predicted octanol–water partition coefficient (Wildman–Crippen LogP) is 3.68. The summed E-state index contributed by atoms with van der Waals surface area (Å²) in [4.78, 5) is 39.0. The summed E-state index contributed by atoms with van der Waals surface area (Å²) in [7, 11) is 1.61. The topological polar surface area (TPSA) is 81.8 Å². The van der Waals surface area contributed by atoms with Crippen LogP contribution in [0.1, 0.15) is 51.4 Å². The smallest absolute Gasteiger partial charge is 0.326 e. The van der Waals surface area contributed by atoms with E-state index in [1.807, 2.05) is 18.2 Å². The number of nitrogens with zero attached hydrogens (tertiary/aromatic N) is 2. The summed E-state index contributed by atoms with van der Waals surface area (Å²) in [5.74, 6) is 2.28. The van der Waals surface area contributed by atoms with Gasteiger partial charge in [0, 0.05) is 25.6 Å². The molecule has 4 saturated carbocycles. The minimum absolute atomic E-state index is 0.0905. The third-order valence-electron chi connectivity index (χ3n) is 7.66. The first-order valence-corrected chi connectivity index (χ1v) is 11.6. The first-order valence-electron chi connectivity index (χ1n) is 11.6. The number of nitrogens with one attached hydrogen (secondary N) is 2. The third kappa shape index (κ3) is 4.02. The van der Waals surface area contributed by atoms with E-state index in [-0.39, 0.29) is 42.9 Å². The molecular weight excluding hydrogens is 392 g/mol. The van der Waals surface area contributed by atoms with Crippen molar-refractivity contribution in [2.45, 2.75) is 56.9 Å². The number of anilines is 2. The number of benzene rings is 1. The molecule has 0 radical (unpaired) electrons. The zero-order chi connectivity index (χ0) is 21.6. The molecule has 0 atom stereocenters. The van der Waals surface area contributed by atoms with E-state index in [9.17, 15) is 14.4 Å². The first kappa shape index (κ1) is 20.3. The largest absolute Gasteiger partial charge is 0.378 e. The monoisotopic (exact) mass is 424 g/mol. The summed E-state index contributed by atoms with van der Waals surface area (Å²) in [6, 6.07) is 7.68. The number of carbonyl (C=O) groups is 3. The van der Waals surface area contributed by atoms with Crippen molar-refractivity contribution in [3.63, 3.8) is 0 Å². The molecule has 4 aliphatic carbocycles. The van der Waals surface area contributed by atoms with E-state index in [4.69, 9.17) is 0 Å². The maximum Gasteiger partial charge on any atom is 0.326 e. The van der Waals surface area contributed by atoms with Gasteiger partial charge in [-0.1, -0.05) is 12.1 Å². The zero-order valence-corrected chi connectivity index (χ0v) is 18.2. The van der Waals surface area contributed by atoms with Crippen molar-refractivity contribution < 1.29 is 14.4 Å². The second-order valence-corrected chi connectivity index (χ2v) is 10.2. The molecule has 4 amide bonds. The van der Waals surface area contributed by atoms with Crippen molar-refractivity contribution in [1.29, 1.82) is 0 Å². The van der Waals surface area contributed by atoms with E-state index in [2.05, 4.69) is 16.7 Å². The molecule has 1 heterocycles. The molecule has 31 heavy (non-hydrogen) atoms. The Kier molecular flexibility index (Phi) is 5.15. The average Bonchev–Trinajstić information content (AvgIpc) is 2.94. The summed E-state index contributed by atoms with van der Waals surface area (Å²) in [6.45, 7) is 0.400. The molecule has 166 valence electrons.